The van der Waals surface area contributed by atoms with Crippen molar-refractivity contribution in [2.45, 2.75) is 12.5 Å². The lowest BCUT2D eigenvalue weighted by Crippen LogP contribution is -2.52. The lowest BCUT2D eigenvalue weighted by atomic mass is 10.1. The van der Waals surface area contributed by atoms with E-state index in [0.29, 0.717) is 17.7 Å². The van der Waals surface area contributed by atoms with Gasteiger partial charge in [-0.25, -0.2) is 4.98 Å². The Kier molecular flexibility index (Phi) is 7.56. The first-order valence-electron chi connectivity index (χ1n) is 7.83. The summed E-state index contributed by atoms with van der Waals surface area (Å²) in [5, 5.41) is 2.69. The van der Waals surface area contributed by atoms with Crippen LogP contribution < -0.4 is 16.2 Å². The van der Waals surface area contributed by atoms with E-state index in [4.69, 9.17) is 0 Å². The molecule has 0 radical (unpaired) electrons. The molecule has 0 saturated carbocycles. The van der Waals surface area contributed by atoms with Gasteiger partial charge >= 0.3 is 0 Å². The third-order valence-electron chi connectivity index (χ3n) is 3.36. The number of carbonyl (C=O) groups is 3. The van der Waals surface area contributed by atoms with E-state index in [1.165, 1.54) is 18.6 Å². The van der Waals surface area contributed by atoms with Gasteiger partial charge in [0, 0.05) is 18.0 Å². The maximum atomic E-state index is 12.4. The fourth-order valence-electron chi connectivity index (χ4n) is 2.02. The summed E-state index contributed by atoms with van der Waals surface area (Å²) < 4.78 is 0. The van der Waals surface area contributed by atoms with Crippen LogP contribution in [0.4, 0.5) is 0 Å². The SMILES string of the molecule is CSCC[C@H](NC(=O)c1ccccc1)C(=O)NNC(=O)c1cnccn1. The molecule has 0 spiro atoms. The van der Waals surface area contributed by atoms with Crippen molar-refractivity contribution in [1.29, 1.82) is 0 Å². The molecule has 8 nitrogen and oxygen atoms in total. The summed E-state index contributed by atoms with van der Waals surface area (Å²) in [7, 11) is 0. The topological polar surface area (TPSA) is 113 Å². The molecule has 0 saturated heterocycles. The quantitative estimate of drug-likeness (QED) is 0.619. The number of nitrogens with zero attached hydrogens (tertiary/aromatic N) is 2. The van der Waals surface area contributed by atoms with E-state index in [0.717, 1.165) is 0 Å². The second kappa shape index (κ2) is 10.1. The molecular weight excluding hydrogens is 354 g/mol. The van der Waals surface area contributed by atoms with Gasteiger partial charge in [0.05, 0.1) is 6.20 Å². The summed E-state index contributed by atoms with van der Waals surface area (Å²) >= 11 is 1.55. The highest BCUT2D eigenvalue weighted by atomic mass is 32.2. The molecule has 2 rings (SSSR count). The van der Waals surface area contributed by atoms with Crippen molar-refractivity contribution in [2.75, 3.05) is 12.0 Å². The Labute approximate surface area is 155 Å². The largest absolute Gasteiger partial charge is 0.340 e. The molecule has 136 valence electrons. The van der Waals surface area contributed by atoms with Gasteiger partial charge < -0.3 is 5.32 Å². The van der Waals surface area contributed by atoms with Crippen LogP contribution in [0.25, 0.3) is 0 Å². The highest BCUT2D eigenvalue weighted by molar-refractivity contribution is 7.98. The minimum atomic E-state index is -0.780. The van der Waals surface area contributed by atoms with Gasteiger partial charge in [-0.2, -0.15) is 11.8 Å². The number of hydrogen-bond donors (Lipinski definition) is 3. The first-order chi connectivity index (χ1) is 12.6. The first kappa shape index (κ1) is 19.4. The van der Waals surface area contributed by atoms with Crippen molar-refractivity contribution in [1.82, 2.24) is 26.1 Å². The van der Waals surface area contributed by atoms with E-state index in [-0.39, 0.29) is 11.6 Å². The number of rotatable bonds is 7. The number of carbonyl (C=O) groups excluding carboxylic acids is 3. The second-order valence-corrected chi connectivity index (χ2v) is 6.19. The van der Waals surface area contributed by atoms with Crippen LogP contribution in [0.1, 0.15) is 27.3 Å². The Hall–Kier alpha value is -2.94. The Morgan fingerprint density at radius 3 is 2.50 bits per heavy atom. The summed E-state index contributed by atoms with van der Waals surface area (Å²) in [6, 6.07) is 7.83. The van der Waals surface area contributed by atoms with E-state index in [1.807, 2.05) is 6.26 Å². The van der Waals surface area contributed by atoms with E-state index >= 15 is 0 Å². The number of hydrogen-bond acceptors (Lipinski definition) is 6. The molecule has 0 unspecified atom stereocenters. The predicted octanol–water partition coefficient (Wildman–Crippen LogP) is 0.789. The van der Waals surface area contributed by atoms with Gasteiger partial charge in [-0.1, -0.05) is 18.2 Å². The van der Waals surface area contributed by atoms with Crippen molar-refractivity contribution in [2.24, 2.45) is 0 Å². The highest BCUT2D eigenvalue weighted by Gasteiger charge is 2.21. The fraction of sp³-hybridized carbons (Fsp3) is 0.235. The molecule has 0 aliphatic heterocycles. The first-order valence-corrected chi connectivity index (χ1v) is 9.22. The minimum absolute atomic E-state index is 0.0711. The van der Waals surface area contributed by atoms with Crippen molar-refractivity contribution in [3.8, 4) is 0 Å². The minimum Gasteiger partial charge on any atom is -0.340 e. The van der Waals surface area contributed by atoms with E-state index in [1.54, 1.807) is 42.1 Å². The van der Waals surface area contributed by atoms with E-state index in [9.17, 15) is 14.4 Å². The summed E-state index contributed by atoms with van der Waals surface area (Å²) in [5.41, 5.74) is 5.11. The standard InChI is InChI=1S/C17H19N5O3S/c1-26-10-7-13(20-15(23)12-5-3-2-4-6-12)16(24)21-22-17(25)14-11-18-8-9-19-14/h2-6,8-9,11,13H,7,10H2,1H3,(H,20,23)(H,21,24)(H,22,25)/t13-/m0/s1. The molecule has 0 fully saturated rings. The zero-order valence-corrected chi connectivity index (χ0v) is 15.0. The summed E-state index contributed by atoms with van der Waals surface area (Å²) in [5.74, 6) is -0.789. The molecule has 26 heavy (non-hydrogen) atoms. The van der Waals surface area contributed by atoms with Crippen LogP contribution in [0.3, 0.4) is 0 Å². The second-order valence-electron chi connectivity index (χ2n) is 5.21. The van der Waals surface area contributed by atoms with Crippen LogP contribution in [-0.4, -0.2) is 45.7 Å². The van der Waals surface area contributed by atoms with Crippen LogP contribution in [0.2, 0.25) is 0 Å². The zero-order chi connectivity index (χ0) is 18.8. The molecule has 0 bridgehead atoms. The lowest BCUT2D eigenvalue weighted by molar-refractivity contribution is -0.123. The van der Waals surface area contributed by atoms with Gasteiger partial charge in [-0.3, -0.25) is 30.2 Å². The molecule has 3 N–H and O–H groups in total. The van der Waals surface area contributed by atoms with Crippen LogP contribution in [0.15, 0.2) is 48.9 Å². The monoisotopic (exact) mass is 373 g/mol. The molecule has 0 aliphatic carbocycles. The van der Waals surface area contributed by atoms with E-state index in [2.05, 4.69) is 26.1 Å². The number of amides is 3. The molecular formula is C17H19N5O3S. The van der Waals surface area contributed by atoms with Gasteiger partial charge in [-0.15, -0.1) is 0 Å². The van der Waals surface area contributed by atoms with E-state index < -0.39 is 17.9 Å². The number of hydrazine groups is 1. The van der Waals surface area contributed by atoms with Crippen LogP contribution in [-0.2, 0) is 4.79 Å². The van der Waals surface area contributed by atoms with Crippen molar-refractivity contribution >= 4 is 29.5 Å². The Morgan fingerprint density at radius 2 is 1.85 bits per heavy atom. The van der Waals surface area contributed by atoms with Gasteiger partial charge in [-0.05, 0) is 30.6 Å². The normalized spacial score (nSPS) is 11.3. The molecule has 2 aromatic rings. The molecule has 1 aromatic carbocycles. The van der Waals surface area contributed by atoms with Crippen LogP contribution >= 0.6 is 11.8 Å². The predicted molar refractivity (Wildman–Crippen MR) is 98.3 cm³/mol. The maximum Gasteiger partial charge on any atom is 0.289 e. The number of thioether (sulfide) groups is 1. The Balaban J connectivity index is 1.95. The van der Waals surface area contributed by atoms with Crippen LogP contribution in [0.5, 0.6) is 0 Å². The number of nitrogens with one attached hydrogen (secondary N) is 3. The third-order valence-corrected chi connectivity index (χ3v) is 4.01. The number of benzene rings is 1. The smallest absolute Gasteiger partial charge is 0.289 e. The van der Waals surface area contributed by atoms with Gasteiger partial charge in [0.2, 0.25) is 0 Å². The number of aromatic nitrogens is 2. The van der Waals surface area contributed by atoms with Gasteiger partial charge in [0.25, 0.3) is 17.7 Å². The molecule has 1 aromatic heterocycles. The lowest BCUT2D eigenvalue weighted by Gasteiger charge is -2.18. The van der Waals surface area contributed by atoms with Crippen molar-refractivity contribution in [3.63, 3.8) is 0 Å². The Bertz CT molecular complexity index is 743. The third kappa shape index (κ3) is 5.85. The zero-order valence-electron chi connectivity index (χ0n) is 14.1. The Morgan fingerprint density at radius 1 is 1.08 bits per heavy atom. The average Bonchev–Trinajstić information content (AvgIpc) is 2.70. The molecule has 0 aliphatic rings. The molecule has 1 heterocycles. The highest BCUT2D eigenvalue weighted by Crippen LogP contribution is 2.04. The molecule has 9 heteroatoms. The summed E-state index contributed by atoms with van der Waals surface area (Å²) in [6.45, 7) is 0. The average molecular weight is 373 g/mol. The van der Waals surface area contributed by atoms with Gasteiger partial charge in [0.15, 0.2) is 0 Å². The van der Waals surface area contributed by atoms with Crippen molar-refractivity contribution in [3.05, 3.63) is 60.2 Å². The molecule has 3 amide bonds. The maximum absolute atomic E-state index is 12.4. The van der Waals surface area contributed by atoms with Gasteiger partial charge in [0.1, 0.15) is 11.7 Å². The summed E-state index contributed by atoms with van der Waals surface area (Å²) in [4.78, 5) is 44.2. The fourth-order valence-corrected chi connectivity index (χ4v) is 2.49. The van der Waals surface area contributed by atoms with Crippen molar-refractivity contribution < 1.29 is 14.4 Å². The van der Waals surface area contributed by atoms with Crippen LogP contribution in [0, 0.1) is 0 Å². The molecule has 1 atom stereocenters. The summed E-state index contributed by atoms with van der Waals surface area (Å²) in [6.07, 6.45) is 6.42.